The summed E-state index contributed by atoms with van der Waals surface area (Å²) >= 11 is 6.03. The van der Waals surface area contributed by atoms with Crippen LogP contribution < -0.4 is 15.4 Å². The molecule has 1 unspecified atom stereocenters. The lowest BCUT2D eigenvalue weighted by Crippen LogP contribution is -2.49. The van der Waals surface area contributed by atoms with E-state index in [4.69, 9.17) is 16.3 Å². The first-order valence-corrected chi connectivity index (χ1v) is 9.24. The molecule has 0 aromatic heterocycles. The van der Waals surface area contributed by atoms with E-state index in [1.54, 1.807) is 31.4 Å². The molecule has 0 aliphatic carbocycles. The van der Waals surface area contributed by atoms with Gasteiger partial charge in [0, 0.05) is 42.8 Å². The Labute approximate surface area is 175 Å². The number of halogens is 3. The molecule has 152 valence electrons. The average molecular weight is 428 g/mol. The Morgan fingerprint density at radius 2 is 2.18 bits per heavy atom. The second kappa shape index (κ2) is 10.6. The van der Waals surface area contributed by atoms with E-state index in [0.29, 0.717) is 23.9 Å². The normalized spacial score (nSPS) is 16.9. The fraction of sp³-hybridized carbons (Fsp3) is 0.350. The Morgan fingerprint density at radius 1 is 1.36 bits per heavy atom. The third-order valence-corrected chi connectivity index (χ3v) is 4.89. The summed E-state index contributed by atoms with van der Waals surface area (Å²) in [6.07, 6.45) is 0. The fourth-order valence-corrected chi connectivity index (χ4v) is 3.49. The van der Waals surface area contributed by atoms with Crippen molar-refractivity contribution in [2.24, 2.45) is 0 Å². The number of carbonyl (C=O) groups excluding carboxylic acids is 1. The maximum absolute atomic E-state index is 13.6. The number of piperazine rings is 1. The molecule has 1 heterocycles. The molecule has 0 radical (unpaired) electrons. The Hall–Kier alpha value is -1.86. The van der Waals surface area contributed by atoms with E-state index < -0.39 is 0 Å². The van der Waals surface area contributed by atoms with Gasteiger partial charge in [-0.1, -0.05) is 23.7 Å². The van der Waals surface area contributed by atoms with Crippen LogP contribution in [0, 0.1) is 5.82 Å². The van der Waals surface area contributed by atoms with Crippen LogP contribution in [0.3, 0.4) is 0 Å². The number of carbonyl (C=O) groups is 1. The molecule has 2 aromatic carbocycles. The molecule has 0 spiro atoms. The van der Waals surface area contributed by atoms with E-state index in [0.717, 1.165) is 24.2 Å². The van der Waals surface area contributed by atoms with Crippen LogP contribution in [0.25, 0.3) is 0 Å². The Morgan fingerprint density at radius 3 is 2.93 bits per heavy atom. The highest BCUT2D eigenvalue weighted by molar-refractivity contribution is 6.30. The average Bonchev–Trinajstić information content (AvgIpc) is 2.67. The minimum Gasteiger partial charge on any atom is -0.496 e. The maximum Gasteiger partial charge on any atom is 0.234 e. The van der Waals surface area contributed by atoms with Crippen molar-refractivity contribution in [2.45, 2.75) is 12.6 Å². The van der Waals surface area contributed by atoms with E-state index >= 15 is 0 Å². The van der Waals surface area contributed by atoms with Crippen molar-refractivity contribution in [3.8, 4) is 5.75 Å². The minimum atomic E-state index is -0.268. The van der Waals surface area contributed by atoms with Gasteiger partial charge in [0.2, 0.25) is 5.91 Å². The number of nitrogens with zero attached hydrogens (tertiary/aromatic N) is 1. The van der Waals surface area contributed by atoms with Crippen LogP contribution in [-0.2, 0) is 11.3 Å². The van der Waals surface area contributed by atoms with Gasteiger partial charge in [0.05, 0.1) is 13.7 Å². The second-order valence-corrected chi connectivity index (χ2v) is 6.91. The summed E-state index contributed by atoms with van der Waals surface area (Å²) < 4.78 is 18.9. The summed E-state index contributed by atoms with van der Waals surface area (Å²) in [5.41, 5.74) is 1.69. The molecule has 2 N–H and O–H groups in total. The molecule has 3 rings (SSSR count). The van der Waals surface area contributed by atoms with Crippen molar-refractivity contribution >= 4 is 29.9 Å². The van der Waals surface area contributed by atoms with Gasteiger partial charge in [-0.25, -0.2) is 4.39 Å². The first-order valence-electron chi connectivity index (χ1n) is 8.86. The van der Waals surface area contributed by atoms with Gasteiger partial charge in [-0.2, -0.15) is 0 Å². The molecule has 1 aliphatic rings. The predicted octanol–water partition coefficient (Wildman–Crippen LogP) is 3.17. The van der Waals surface area contributed by atoms with Crippen molar-refractivity contribution < 1.29 is 13.9 Å². The number of hydrogen-bond donors (Lipinski definition) is 2. The summed E-state index contributed by atoms with van der Waals surface area (Å²) in [5.74, 6) is 0.315. The molecule has 1 saturated heterocycles. The van der Waals surface area contributed by atoms with Crippen molar-refractivity contribution in [3.63, 3.8) is 0 Å². The molecule has 0 saturated carbocycles. The molecule has 1 atom stereocenters. The summed E-state index contributed by atoms with van der Waals surface area (Å²) in [5, 5.41) is 6.82. The highest BCUT2D eigenvalue weighted by Gasteiger charge is 2.25. The summed E-state index contributed by atoms with van der Waals surface area (Å²) in [6.45, 7) is 2.76. The number of amides is 1. The fourth-order valence-electron chi connectivity index (χ4n) is 3.30. The summed E-state index contributed by atoms with van der Waals surface area (Å²) in [7, 11) is 1.58. The second-order valence-electron chi connectivity index (χ2n) is 6.48. The Balaban J connectivity index is 0.00000280. The largest absolute Gasteiger partial charge is 0.496 e. The predicted molar refractivity (Wildman–Crippen MR) is 111 cm³/mol. The smallest absolute Gasteiger partial charge is 0.234 e. The molecule has 1 fully saturated rings. The van der Waals surface area contributed by atoms with Gasteiger partial charge >= 0.3 is 0 Å². The van der Waals surface area contributed by atoms with Gasteiger partial charge in [-0.05, 0) is 35.9 Å². The zero-order valence-electron chi connectivity index (χ0n) is 15.6. The van der Waals surface area contributed by atoms with Crippen LogP contribution in [0.2, 0.25) is 5.02 Å². The quantitative estimate of drug-likeness (QED) is 0.743. The summed E-state index contributed by atoms with van der Waals surface area (Å²) in [4.78, 5) is 14.6. The SMILES string of the molecule is COc1ccc(Cl)cc1CNC(=O)CN1CCNCC1c1cccc(F)c1.Cl. The molecule has 8 heteroatoms. The van der Waals surface area contributed by atoms with Gasteiger partial charge in [0.1, 0.15) is 11.6 Å². The van der Waals surface area contributed by atoms with Crippen LogP contribution in [0.5, 0.6) is 5.75 Å². The van der Waals surface area contributed by atoms with E-state index in [9.17, 15) is 9.18 Å². The molecular weight excluding hydrogens is 404 g/mol. The molecule has 1 aliphatic heterocycles. The summed E-state index contributed by atoms with van der Waals surface area (Å²) in [6, 6.07) is 11.8. The molecule has 2 aromatic rings. The zero-order chi connectivity index (χ0) is 19.2. The highest BCUT2D eigenvalue weighted by Crippen LogP contribution is 2.24. The molecule has 28 heavy (non-hydrogen) atoms. The van der Waals surface area contributed by atoms with Gasteiger partial charge in [0.25, 0.3) is 0 Å². The Kier molecular flexibility index (Phi) is 8.51. The first kappa shape index (κ1) is 22.4. The third-order valence-electron chi connectivity index (χ3n) is 4.65. The van der Waals surface area contributed by atoms with Gasteiger partial charge in [-0.15, -0.1) is 12.4 Å². The van der Waals surface area contributed by atoms with Crippen LogP contribution >= 0.6 is 24.0 Å². The standard InChI is InChI=1S/C20H23ClFN3O2.ClH/c1-27-19-6-5-16(21)9-15(19)11-24-20(26)13-25-8-7-23-12-18(25)14-3-2-4-17(22)10-14;/h2-6,9-10,18,23H,7-8,11-13H2,1H3,(H,24,26);1H. The topological polar surface area (TPSA) is 53.6 Å². The van der Waals surface area contributed by atoms with E-state index in [1.807, 2.05) is 6.07 Å². The van der Waals surface area contributed by atoms with Crippen LogP contribution in [-0.4, -0.2) is 44.1 Å². The molecular formula is C20H24Cl2FN3O2. The van der Waals surface area contributed by atoms with Crippen molar-refractivity contribution in [3.05, 3.63) is 64.4 Å². The van der Waals surface area contributed by atoms with Crippen molar-refractivity contribution in [1.29, 1.82) is 0 Å². The number of ether oxygens (including phenoxy) is 1. The highest BCUT2D eigenvalue weighted by atomic mass is 35.5. The van der Waals surface area contributed by atoms with Gasteiger partial charge < -0.3 is 15.4 Å². The van der Waals surface area contributed by atoms with Gasteiger partial charge in [0.15, 0.2) is 0 Å². The number of rotatable bonds is 6. The lowest BCUT2D eigenvalue weighted by molar-refractivity contribution is -0.123. The van der Waals surface area contributed by atoms with Crippen molar-refractivity contribution in [2.75, 3.05) is 33.3 Å². The number of benzene rings is 2. The Bertz CT molecular complexity index is 807. The number of hydrogen-bond acceptors (Lipinski definition) is 4. The number of methoxy groups -OCH3 is 1. The first-order chi connectivity index (χ1) is 13.1. The lowest BCUT2D eigenvalue weighted by atomic mass is 10.0. The monoisotopic (exact) mass is 427 g/mol. The maximum atomic E-state index is 13.6. The van der Waals surface area contributed by atoms with E-state index in [1.165, 1.54) is 12.1 Å². The molecule has 1 amide bonds. The zero-order valence-corrected chi connectivity index (χ0v) is 17.2. The van der Waals surface area contributed by atoms with E-state index in [-0.39, 0.29) is 36.7 Å². The van der Waals surface area contributed by atoms with E-state index in [2.05, 4.69) is 15.5 Å². The van der Waals surface area contributed by atoms with Crippen molar-refractivity contribution in [1.82, 2.24) is 15.5 Å². The molecule has 5 nitrogen and oxygen atoms in total. The number of nitrogens with one attached hydrogen (secondary N) is 2. The van der Waals surface area contributed by atoms with Crippen LogP contribution in [0.15, 0.2) is 42.5 Å². The lowest BCUT2D eigenvalue weighted by Gasteiger charge is -2.36. The van der Waals surface area contributed by atoms with Crippen LogP contribution in [0.4, 0.5) is 4.39 Å². The third kappa shape index (κ3) is 5.82. The minimum absolute atomic E-state index is 0. The van der Waals surface area contributed by atoms with Crippen LogP contribution in [0.1, 0.15) is 17.2 Å². The molecule has 0 bridgehead atoms. The van der Waals surface area contributed by atoms with Gasteiger partial charge in [-0.3, -0.25) is 9.69 Å².